The first-order chi connectivity index (χ1) is 8.16. The van der Waals surface area contributed by atoms with E-state index in [0.29, 0.717) is 12.5 Å². The number of Topliss-reactive ketones (excluding diaryl/α,β-unsaturated/α-hetero) is 1. The second-order valence-corrected chi connectivity index (χ2v) is 4.79. The van der Waals surface area contributed by atoms with E-state index in [2.05, 4.69) is 24.1 Å². The van der Waals surface area contributed by atoms with Crippen LogP contribution in [0.3, 0.4) is 0 Å². The summed E-state index contributed by atoms with van der Waals surface area (Å²) in [7, 11) is 2.08. The molecule has 0 aromatic heterocycles. The molecule has 1 aliphatic heterocycles. The van der Waals surface area contributed by atoms with E-state index in [1.165, 1.54) is 5.56 Å². The molecule has 0 radical (unpaired) electrons. The highest BCUT2D eigenvalue weighted by molar-refractivity contribution is 5.96. The highest BCUT2D eigenvalue weighted by atomic mass is 16.1. The minimum atomic E-state index is 0.247. The Balaban J connectivity index is 2.01. The van der Waals surface area contributed by atoms with E-state index in [9.17, 15) is 4.79 Å². The van der Waals surface area contributed by atoms with Crippen LogP contribution < -0.4 is 0 Å². The first kappa shape index (κ1) is 12.1. The molecule has 0 N–H and O–H groups in total. The van der Waals surface area contributed by atoms with Gasteiger partial charge < -0.3 is 0 Å². The van der Waals surface area contributed by atoms with Crippen molar-refractivity contribution >= 4 is 5.78 Å². The number of likely N-dealkylation sites (N-methyl/N-ethyl adjacent to an activating group) is 1. The van der Waals surface area contributed by atoms with Crippen LogP contribution in [0, 0.1) is 6.92 Å². The Labute approximate surface area is 103 Å². The van der Waals surface area contributed by atoms with Crippen molar-refractivity contribution in [2.75, 3.05) is 13.6 Å². The van der Waals surface area contributed by atoms with Crippen LogP contribution in [0.4, 0.5) is 0 Å². The molecule has 0 fully saturated rings. The van der Waals surface area contributed by atoms with Crippen molar-refractivity contribution < 1.29 is 4.79 Å². The van der Waals surface area contributed by atoms with Crippen LogP contribution in [0.25, 0.3) is 0 Å². The van der Waals surface area contributed by atoms with Crippen LogP contribution >= 0.6 is 0 Å². The number of carbonyl (C=O) groups excluding carboxylic acids is 1. The number of benzene rings is 1. The fourth-order valence-electron chi connectivity index (χ4n) is 2.13. The van der Waals surface area contributed by atoms with Crippen molar-refractivity contribution in [1.82, 2.24) is 4.90 Å². The van der Waals surface area contributed by atoms with Gasteiger partial charge in [-0.3, -0.25) is 9.69 Å². The van der Waals surface area contributed by atoms with E-state index < -0.39 is 0 Å². The minimum absolute atomic E-state index is 0.247. The number of ketones is 1. The van der Waals surface area contributed by atoms with E-state index >= 15 is 0 Å². The summed E-state index contributed by atoms with van der Waals surface area (Å²) in [5, 5.41) is 0. The lowest BCUT2D eigenvalue weighted by Gasteiger charge is -2.28. The Hall–Kier alpha value is -1.41. The first-order valence-corrected chi connectivity index (χ1v) is 6.12. The number of nitrogens with zero attached hydrogens (tertiary/aromatic N) is 1. The maximum absolute atomic E-state index is 12.1. The maximum Gasteiger partial charge on any atom is 0.164 e. The molecule has 2 heteroatoms. The van der Waals surface area contributed by atoms with E-state index in [-0.39, 0.29) is 5.78 Å². The summed E-state index contributed by atoms with van der Waals surface area (Å²) < 4.78 is 0. The van der Waals surface area contributed by atoms with Crippen molar-refractivity contribution in [3.8, 4) is 0 Å². The quantitative estimate of drug-likeness (QED) is 0.587. The second-order valence-electron chi connectivity index (χ2n) is 4.79. The van der Waals surface area contributed by atoms with E-state index in [0.717, 1.165) is 18.5 Å². The van der Waals surface area contributed by atoms with Gasteiger partial charge in [0.05, 0.1) is 0 Å². The molecule has 2 rings (SSSR count). The van der Waals surface area contributed by atoms with Gasteiger partial charge >= 0.3 is 0 Å². The predicted molar refractivity (Wildman–Crippen MR) is 70.3 cm³/mol. The van der Waals surface area contributed by atoms with Gasteiger partial charge in [-0.1, -0.05) is 42.0 Å². The lowest BCUT2D eigenvalue weighted by molar-refractivity contribution is 0.0937. The molecule has 0 aliphatic carbocycles. The monoisotopic (exact) mass is 229 g/mol. The Kier molecular flexibility index (Phi) is 3.75. The topological polar surface area (TPSA) is 20.3 Å². The Morgan fingerprint density at radius 3 is 2.65 bits per heavy atom. The van der Waals surface area contributed by atoms with Gasteiger partial charge in [0.2, 0.25) is 0 Å². The van der Waals surface area contributed by atoms with Crippen LogP contribution in [0.1, 0.15) is 28.8 Å². The second kappa shape index (κ2) is 5.28. The molecular formula is C15H19NO. The molecule has 0 saturated carbocycles. The third-order valence-electron chi connectivity index (χ3n) is 3.39. The molecule has 2 nitrogen and oxygen atoms in total. The molecule has 0 bridgehead atoms. The van der Waals surface area contributed by atoms with Gasteiger partial charge in [-0.15, -0.1) is 0 Å². The standard InChI is InChI=1S/C15H19NO/c1-12-6-8-13(9-7-12)15(17)11-14-5-3-4-10-16(14)2/h3-4,6-9,14H,5,10-11H2,1-2H3. The third kappa shape index (κ3) is 3.04. The van der Waals surface area contributed by atoms with Crippen molar-refractivity contribution in [3.63, 3.8) is 0 Å². The molecule has 1 aromatic rings. The van der Waals surface area contributed by atoms with Crippen LogP contribution in [-0.4, -0.2) is 30.3 Å². The first-order valence-electron chi connectivity index (χ1n) is 6.12. The summed E-state index contributed by atoms with van der Waals surface area (Å²) in [6.07, 6.45) is 5.93. The summed E-state index contributed by atoms with van der Waals surface area (Å²) in [6.45, 7) is 2.99. The SMILES string of the molecule is Cc1ccc(C(=O)CC2CC=CCN2C)cc1. The molecule has 17 heavy (non-hydrogen) atoms. The molecular weight excluding hydrogens is 210 g/mol. The number of hydrogen-bond acceptors (Lipinski definition) is 2. The summed E-state index contributed by atoms with van der Waals surface area (Å²) in [5.41, 5.74) is 2.03. The zero-order chi connectivity index (χ0) is 12.3. The number of rotatable bonds is 3. The lowest BCUT2D eigenvalue weighted by Crippen LogP contribution is -2.35. The third-order valence-corrected chi connectivity index (χ3v) is 3.39. The van der Waals surface area contributed by atoms with E-state index in [1.807, 2.05) is 31.2 Å². The van der Waals surface area contributed by atoms with Crippen LogP contribution in [0.15, 0.2) is 36.4 Å². The van der Waals surface area contributed by atoms with Crippen LogP contribution in [0.2, 0.25) is 0 Å². The minimum Gasteiger partial charge on any atom is -0.299 e. The zero-order valence-corrected chi connectivity index (χ0v) is 10.5. The van der Waals surface area contributed by atoms with Gasteiger partial charge in [0.15, 0.2) is 5.78 Å². The fourth-order valence-corrected chi connectivity index (χ4v) is 2.13. The molecule has 1 aliphatic rings. The summed E-state index contributed by atoms with van der Waals surface area (Å²) in [4.78, 5) is 14.4. The van der Waals surface area contributed by atoms with Gasteiger partial charge in [0, 0.05) is 24.6 Å². The molecule has 0 spiro atoms. The van der Waals surface area contributed by atoms with Crippen LogP contribution in [-0.2, 0) is 0 Å². The molecule has 0 saturated heterocycles. The number of aryl methyl sites for hydroxylation is 1. The zero-order valence-electron chi connectivity index (χ0n) is 10.5. The van der Waals surface area contributed by atoms with Crippen molar-refractivity contribution in [3.05, 3.63) is 47.5 Å². The average molecular weight is 229 g/mol. The smallest absolute Gasteiger partial charge is 0.164 e. The maximum atomic E-state index is 12.1. The highest BCUT2D eigenvalue weighted by Crippen LogP contribution is 2.16. The Morgan fingerprint density at radius 2 is 2.00 bits per heavy atom. The Morgan fingerprint density at radius 1 is 1.29 bits per heavy atom. The predicted octanol–water partition coefficient (Wildman–Crippen LogP) is 2.83. The molecule has 1 heterocycles. The van der Waals surface area contributed by atoms with Gasteiger partial charge in [0.1, 0.15) is 0 Å². The normalized spacial score (nSPS) is 20.5. The summed E-state index contributed by atoms with van der Waals surface area (Å²) >= 11 is 0. The van der Waals surface area contributed by atoms with Crippen LogP contribution in [0.5, 0.6) is 0 Å². The van der Waals surface area contributed by atoms with Crippen molar-refractivity contribution in [1.29, 1.82) is 0 Å². The van der Waals surface area contributed by atoms with Crippen molar-refractivity contribution in [2.45, 2.75) is 25.8 Å². The largest absolute Gasteiger partial charge is 0.299 e. The van der Waals surface area contributed by atoms with Gasteiger partial charge in [-0.05, 0) is 20.4 Å². The highest BCUT2D eigenvalue weighted by Gasteiger charge is 2.19. The molecule has 1 atom stereocenters. The van der Waals surface area contributed by atoms with E-state index in [4.69, 9.17) is 0 Å². The number of hydrogen-bond donors (Lipinski definition) is 0. The van der Waals surface area contributed by atoms with Gasteiger partial charge in [-0.2, -0.15) is 0 Å². The van der Waals surface area contributed by atoms with Gasteiger partial charge in [-0.25, -0.2) is 0 Å². The Bertz CT molecular complexity index is 419. The lowest BCUT2D eigenvalue weighted by atomic mass is 9.98. The van der Waals surface area contributed by atoms with Gasteiger partial charge in [0.25, 0.3) is 0 Å². The van der Waals surface area contributed by atoms with Crippen molar-refractivity contribution in [2.24, 2.45) is 0 Å². The fraction of sp³-hybridized carbons (Fsp3) is 0.400. The summed E-state index contributed by atoms with van der Waals surface area (Å²) in [5.74, 6) is 0.247. The molecule has 1 unspecified atom stereocenters. The van der Waals surface area contributed by atoms with E-state index in [1.54, 1.807) is 0 Å². The molecule has 1 aromatic carbocycles. The summed E-state index contributed by atoms with van der Waals surface area (Å²) in [6, 6.07) is 8.20. The number of carbonyl (C=O) groups is 1. The average Bonchev–Trinajstić information content (AvgIpc) is 2.33. The molecule has 0 amide bonds. The molecule has 90 valence electrons.